The number of hydrogen-bond acceptors (Lipinski definition) is 7. The van der Waals surface area contributed by atoms with Gasteiger partial charge in [-0.15, -0.1) is 0 Å². The largest absolute Gasteiger partial charge is 0.458 e. The molecule has 0 bridgehead atoms. The number of carbonyl (C=O) groups excluding carboxylic acids is 4. The van der Waals surface area contributed by atoms with Crippen molar-refractivity contribution in [3.8, 4) is 0 Å². The first-order chi connectivity index (χ1) is 13.5. The van der Waals surface area contributed by atoms with Gasteiger partial charge in [0.2, 0.25) is 0 Å². The molecule has 0 amide bonds. The Hall–Kier alpha value is -2.70. The third kappa shape index (κ3) is 5.22. The molecule has 0 aromatic heterocycles. The fourth-order valence-electron chi connectivity index (χ4n) is 3.75. The first-order valence-corrected chi connectivity index (χ1v) is 9.66. The maximum atomic E-state index is 12.5. The molecule has 5 unspecified atom stereocenters. The van der Waals surface area contributed by atoms with Crippen molar-refractivity contribution in [3.63, 3.8) is 0 Å². The van der Waals surface area contributed by atoms with Gasteiger partial charge in [0.1, 0.15) is 18.3 Å². The third-order valence-electron chi connectivity index (χ3n) is 5.32. The van der Waals surface area contributed by atoms with Gasteiger partial charge in [-0.1, -0.05) is 25.2 Å². The van der Waals surface area contributed by atoms with Gasteiger partial charge in [-0.2, -0.15) is 0 Å². The Balaban J connectivity index is 2.56. The lowest BCUT2D eigenvalue weighted by molar-refractivity contribution is -0.175. The van der Waals surface area contributed by atoms with E-state index < -0.39 is 48.1 Å². The summed E-state index contributed by atoms with van der Waals surface area (Å²) in [6.45, 7) is 11.9. The Morgan fingerprint density at radius 1 is 1.17 bits per heavy atom. The summed E-state index contributed by atoms with van der Waals surface area (Å²) in [6, 6.07) is 0. The minimum Gasteiger partial charge on any atom is -0.458 e. The number of hydrogen-bond donors (Lipinski definition) is 0. The summed E-state index contributed by atoms with van der Waals surface area (Å²) in [6.07, 6.45) is 0.898. The van der Waals surface area contributed by atoms with Crippen LogP contribution in [0.1, 0.15) is 47.5 Å². The minimum absolute atomic E-state index is 0.0978. The van der Waals surface area contributed by atoms with E-state index in [2.05, 4.69) is 6.58 Å². The van der Waals surface area contributed by atoms with Crippen LogP contribution in [0.2, 0.25) is 0 Å². The van der Waals surface area contributed by atoms with Crippen LogP contribution in [0.15, 0.2) is 35.5 Å². The van der Waals surface area contributed by atoms with Crippen molar-refractivity contribution in [2.75, 3.05) is 0 Å². The van der Waals surface area contributed by atoms with Crippen molar-refractivity contribution in [3.05, 3.63) is 35.5 Å². The minimum atomic E-state index is -1.00. The molecular weight excluding hydrogens is 376 g/mol. The van der Waals surface area contributed by atoms with Gasteiger partial charge in [0.25, 0.3) is 0 Å². The van der Waals surface area contributed by atoms with Gasteiger partial charge in [-0.05, 0) is 26.8 Å². The summed E-state index contributed by atoms with van der Waals surface area (Å²) in [4.78, 5) is 49.1. The zero-order chi connectivity index (χ0) is 21.9. The Labute approximate surface area is 170 Å². The molecule has 7 heteroatoms. The molecule has 1 aliphatic carbocycles. The smallest absolute Gasteiger partial charge is 0.334 e. The van der Waals surface area contributed by atoms with Crippen LogP contribution in [0.3, 0.4) is 0 Å². The highest BCUT2D eigenvalue weighted by molar-refractivity contribution is 5.92. The van der Waals surface area contributed by atoms with Crippen molar-refractivity contribution in [2.45, 2.75) is 65.8 Å². The molecule has 1 heterocycles. The zero-order valence-electron chi connectivity index (χ0n) is 17.5. The van der Waals surface area contributed by atoms with E-state index in [9.17, 15) is 19.2 Å². The van der Waals surface area contributed by atoms with Gasteiger partial charge in [0.15, 0.2) is 5.78 Å². The quantitative estimate of drug-likeness (QED) is 0.405. The van der Waals surface area contributed by atoms with Crippen molar-refractivity contribution < 1.29 is 33.4 Å². The van der Waals surface area contributed by atoms with Crippen molar-refractivity contribution in [1.82, 2.24) is 0 Å². The topological polar surface area (TPSA) is 96.0 Å². The molecule has 7 nitrogen and oxygen atoms in total. The normalized spacial score (nSPS) is 32.6. The van der Waals surface area contributed by atoms with Crippen molar-refractivity contribution >= 4 is 23.7 Å². The van der Waals surface area contributed by atoms with Gasteiger partial charge >= 0.3 is 17.9 Å². The van der Waals surface area contributed by atoms with Crippen LogP contribution in [0.4, 0.5) is 0 Å². The number of ketones is 1. The maximum Gasteiger partial charge on any atom is 0.334 e. The summed E-state index contributed by atoms with van der Waals surface area (Å²) in [5.74, 6) is -3.04. The molecule has 5 atom stereocenters. The molecule has 0 N–H and O–H groups in total. The Morgan fingerprint density at radius 3 is 2.41 bits per heavy atom. The lowest BCUT2D eigenvalue weighted by atomic mass is 9.79. The second-order valence-electron chi connectivity index (χ2n) is 7.75. The van der Waals surface area contributed by atoms with E-state index >= 15 is 0 Å². The van der Waals surface area contributed by atoms with Crippen LogP contribution in [-0.2, 0) is 33.4 Å². The predicted octanol–water partition coefficient (Wildman–Crippen LogP) is 2.84. The fraction of sp³-hybridized carbons (Fsp3) is 0.545. The first kappa shape index (κ1) is 22.6. The molecule has 1 aliphatic heterocycles. The predicted molar refractivity (Wildman–Crippen MR) is 105 cm³/mol. The van der Waals surface area contributed by atoms with Crippen LogP contribution < -0.4 is 0 Å². The average Bonchev–Trinajstić information content (AvgIpc) is 2.89. The summed E-state index contributed by atoms with van der Waals surface area (Å²) in [7, 11) is 0. The third-order valence-corrected chi connectivity index (χ3v) is 5.32. The van der Waals surface area contributed by atoms with E-state index in [1.807, 2.05) is 0 Å². The Kier molecular flexibility index (Phi) is 7.16. The molecule has 0 spiro atoms. The van der Waals surface area contributed by atoms with Gasteiger partial charge in [0, 0.05) is 36.8 Å². The van der Waals surface area contributed by atoms with E-state index in [4.69, 9.17) is 14.2 Å². The highest BCUT2D eigenvalue weighted by Gasteiger charge is 2.50. The van der Waals surface area contributed by atoms with E-state index in [-0.39, 0.29) is 17.8 Å². The van der Waals surface area contributed by atoms with Crippen LogP contribution >= 0.6 is 0 Å². The van der Waals surface area contributed by atoms with Crippen LogP contribution in [0.5, 0.6) is 0 Å². The molecule has 0 saturated carbocycles. The van der Waals surface area contributed by atoms with Crippen molar-refractivity contribution in [1.29, 1.82) is 0 Å². The number of ether oxygens (including phenoxy) is 3. The number of rotatable bonds is 3. The second-order valence-corrected chi connectivity index (χ2v) is 7.75. The second kappa shape index (κ2) is 9.20. The van der Waals surface area contributed by atoms with Crippen LogP contribution in [-0.4, -0.2) is 42.0 Å². The number of esters is 3. The molecule has 2 aliphatic rings. The molecule has 158 valence electrons. The summed E-state index contributed by atoms with van der Waals surface area (Å²) in [5, 5.41) is 0. The molecule has 0 radical (unpaired) electrons. The summed E-state index contributed by atoms with van der Waals surface area (Å²) in [5.41, 5.74) is 1.30. The SMILES string of the molecule is C=C1C(=O)OC2C/C(C)=C/C(=O)CC(C)C(OC(=O)/C(C)=C/C)C(OC(C)=O)C12. The number of carbonyl (C=O) groups is 4. The van der Waals surface area contributed by atoms with Gasteiger partial charge in [-0.25, -0.2) is 9.59 Å². The lowest BCUT2D eigenvalue weighted by Crippen LogP contribution is -2.47. The van der Waals surface area contributed by atoms with Crippen LogP contribution in [0.25, 0.3) is 0 Å². The molecule has 1 fully saturated rings. The van der Waals surface area contributed by atoms with E-state index in [0.29, 0.717) is 12.0 Å². The average molecular weight is 404 g/mol. The zero-order valence-corrected chi connectivity index (χ0v) is 17.5. The molecule has 1 saturated heterocycles. The highest BCUT2D eigenvalue weighted by atomic mass is 16.6. The Bertz CT molecular complexity index is 789. The molecule has 2 rings (SSSR count). The van der Waals surface area contributed by atoms with Gasteiger partial charge in [-0.3, -0.25) is 9.59 Å². The number of allylic oxidation sites excluding steroid dienone is 2. The molecule has 0 aromatic rings. The molecule has 29 heavy (non-hydrogen) atoms. The maximum absolute atomic E-state index is 12.5. The molecule has 0 aromatic carbocycles. The van der Waals surface area contributed by atoms with Crippen molar-refractivity contribution in [2.24, 2.45) is 11.8 Å². The van der Waals surface area contributed by atoms with E-state index in [1.165, 1.54) is 13.0 Å². The monoisotopic (exact) mass is 404 g/mol. The summed E-state index contributed by atoms with van der Waals surface area (Å²) >= 11 is 0. The highest BCUT2D eigenvalue weighted by Crippen LogP contribution is 2.39. The fourth-order valence-corrected chi connectivity index (χ4v) is 3.75. The van der Waals surface area contributed by atoms with E-state index in [1.54, 1.807) is 33.8 Å². The molecular formula is C22H28O7. The van der Waals surface area contributed by atoms with E-state index in [0.717, 1.165) is 5.57 Å². The van der Waals surface area contributed by atoms with Crippen LogP contribution in [0, 0.1) is 11.8 Å². The van der Waals surface area contributed by atoms with Gasteiger partial charge in [0.05, 0.1) is 5.92 Å². The lowest BCUT2D eigenvalue weighted by Gasteiger charge is -2.36. The number of fused-ring (bicyclic) bond motifs is 1. The van der Waals surface area contributed by atoms with Gasteiger partial charge < -0.3 is 14.2 Å². The standard InChI is InChI=1S/C22H28O7/c1-7-12(3)21(25)29-19-13(4)10-16(24)8-11(2)9-17-18(14(5)22(26)28-17)20(19)27-15(6)23/h7-8,13,17-20H,5,9-10H2,1-4,6H3/b11-8+,12-7+. The Morgan fingerprint density at radius 2 is 1.83 bits per heavy atom. The summed E-state index contributed by atoms with van der Waals surface area (Å²) < 4.78 is 16.7. The first-order valence-electron chi connectivity index (χ1n) is 9.66.